The third-order valence-corrected chi connectivity index (χ3v) is 4.07. The molecule has 21 heavy (non-hydrogen) atoms. The van der Waals surface area contributed by atoms with Crippen molar-refractivity contribution in [3.05, 3.63) is 34.6 Å². The summed E-state index contributed by atoms with van der Waals surface area (Å²) in [7, 11) is 1.84. The first-order chi connectivity index (χ1) is 10.1. The maximum atomic E-state index is 13.0. The van der Waals surface area contributed by atoms with E-state index in [1.54, 1.807) is 6.07 Å². The number of carbonyl (C=O) groups is 1. The summed E-state index contributed by atoms with van der Waals surface area (Å²) in [5, 5.41) is 3.45. The molecular formula is C15H21ClFN3O. The summed E-state index contributed by atoms with van der Waals surface area (Å²) in [6.45, 7) is 4.52. The van der Waals surface area contributed by atoms with Crippen molar-refractivity contribution in [2.24, 2.45) is 0 Å². The van der Waals surface area contributed by atoms with Crippen LogP contribution in [0.2, 0.25) is 5.02 Å². The number of nitrogens with one attached hydrogen (secondary N) is 1. The lowest BCUT2D eigenvalue weighted by Gasteiger charge is -2.35. The van der Waals surface area contributed by atoms with Gasteiger partial charge in [-0.2, -0.15) is 0 Å². The van der Waals surface area contributed by atoms with Crippen molar-refractivity contribution in [3.63, 3.8) is 0 Å². The first-order valence-electron chi connectivity index (χ1n) is 7.19. The zero-order chi connectivity index (χ0) is 15.2. The van der Waals surface area contributed by atoms with Crippen LogP contribution in [0.1, 0.15) is 12.0 Å². The Morgan fingerprint density at radius 3 is 2.67 bits per heavy atom. The Kier molecular flexibility index (Phi) is 5.96. The SMILES string of the molecule is CNCCC(=O)N1CCN(Cc2ccc(F)cc2Cl)CC1. The van der Waals surface area contributed by atoms with Crippen LogP contribution in [0.3, 0.4) is 0 Å². The normalized spacial score (nSPS) is 16.2. The minimum atomic E-state index is -0.316. The largest absolute Gasteiger partial charge is 0.340 e. The molecule has 1 aliphatic rings. The lowest BCUT2D eigenvalue weighted by Crippen LogP contribution is -2.48. The molecule has 2 rings (SSSR count). The highest BCUT2D eigenvalue weighted by Crippen LogP contribution is 2.19. The smallest absolute Gasteiger partial charge is 0.223 e. The average Bonchev–Trinajstić information content (AvgIpc) is 2.48. The van der Waals surface area contributed by atoms with Crippen LogP contribution >= 0.6 is 11.6 Å². The molecule has 4 nitrogen and oxygen atoms in total. The molecule has 1 fully saturated rings. The third kappa shape index (κ3) is 4.66. The van der Waals surface area contributed by atoms with Gasteiger partial charge in [0, 0.05) is 50.7 Å². The molecule has 1 aromatic rings. The quantitative estimate of drug-likeness (QED) is 0.899. The summed E-state index contributed by atoms with van der Waals surface area (Å²) in [6, 6.07) is 4.50. The summed E-state index contributed by atoms with van der Waals surface area (Å²) in [5.74, 6) is -0.118. The van der Waals surface area contributed by atoms with Crippen LogP contribution in [-0.4, -0.2) is 55.5 Å². The Morgan fingerprint density at radius 1 is 1.33 bits per heavy atom. The molecule has 0 aliphatic carbocycles. The molecule has 0 unspecified atom stereocenters. The molecule has 1 amide bonds. The zero-order valence-corrected chi connectivity index (χ0v) is 13.0. The summed E-state index contributed by atoms with van der Waals surface area (Å²) < 4.78 is 13.0. The van der Waals surface area contributed by atoms with Crippen molar-refractivity contribution >= 4 is 17.5 Å². The third-order valence-electron chi connectivity index (χ3n) is 3.72. The van der Waals surface area contributed by atoms with E-state index in [4.69, 9.17) is 11.6 Å². The molecule has 1 heterocycles. The Hall–Kier alpha value is -1.17. The molecular weight excluding hydrogens is 293 g/mol. The van der Waals surface area contributed by atoms with Crippen molar-refractivity contribution in [1.82, 2.24) is 15.1 Å². The molecule has 0 bridgehead atoms. The Morgan fingerprint density at radius 2 is 2.05 bits per heavy atom. The van der Waals surface area contributed by atoms with E-state index in [2.05, 4.69) is 10.2 Å². The molecule has 0 spiro atoms. The van der Waals surface area contributed by atoms with Crippen molar-refractivity contribution in [2.75, 3.05) is 39.8 Å². The maximum absolute atomic E-state index is 13.0. The summed E-state index contributed by atoms with van der Waals surface area (Å²) >= 11 is 6.05. The number of amides is 1. The van der Waals surface area contributed by atoms with Gasteiger partial charge in [0.1, 0.15) is 5.82 Å². The van der Waals surface area contributed by atoms with Crippen molar-refractivity contribution in [3.8, 4) is 0 Å². The van der Waals surface area contributed by atoms with E-state index < -0.39 is 0 Å². The van der Waals surface area contributed by atoms with E-state index in [-0.39, 0.29) is 11.7 Å². The van der Waals surface area contributed by atoms with Crippen LogP contribution in [0.15, 0.2) is 18.2 Å². The van der Waals surface area contributed by atoms with Crippen LogP contribution in [0.25, 0.3) is 0 Å². The van der Waals surface area contributed by atoms with Crippen LogP contribution in [0.5, 0.6) is 0 Å². The van der Waals surface area contributed by atoms with Gasteiger partial charge in [-0.1, -0.05) is 17.7 Å². The number of hydrogen-bond acceptors (Lipinski definition) is 3. The molecule has 1 saturated heterocycles. The Balaban J connectivity index is 1.82. The van der Waals surface area contributed by atoms with Crippen LogP contribution in [-0.2, 0) is 11.3 Å². The van der Waals surface area contributed by atoms with Crippen LogP contribution in [0, 0.1) is 5.82 Å². The van der Waals surface area contributed by atoms with E-state index >= 15 is 0 Å². The molecule has 1 aliphatic heterocycles. The van der Waals surface area contributed by atoms with Gasteiger partial charge >= 0.3 is 0 Å². The minimum absolute atomic E-state index is 0.198. The maximum Gasteiger partial charge on any atom is 0.223 e. The van der Waals surface area contributed by atoms with Gasteiger partial charge in [-0.05, 0) is 24.7 Å². The fourth-order valence-electron chi connectivity index (χ4n) is 2.44. The molecule has 0 atom stereocenters. The van der Waals surface area contributed by atoms with E-state index in [0.29, 0.717) is 24.5 Å². The van der Waals surface area contributed by atoms with Crippen molar-refractivity contribution in [2.45, 2.75) is 13.0 Å². The van der Waals surface area contributed by atoms with Gasteiger partial charge in [0.25, 0.3) is 0 Å². The fourth-order valence-corrected chi connectivity index (χ4v) is 2.66. The predicted octanol–water partition coefficient (Wildman–Crippen LogP) is 1.73. The van der Waals surface area contributed by atoms with Gasteiger partial charge in [-0.25, -0.2) is 4.39 Å². The highest BCUT2D eigenvalue weighted by molar-refractivity contribution is 6.31. The molecule has 0 saturated carbocycles. The number of piperazine rings is 1. The number of nitrogens with zero attached hydrogens (tertiary/aromatic N) is 2. The van der Waals surface area contributed by atoms with Crippen molar-refractivity contribution in [1.29, 1.82) is 0 Å². The number of halogens is 2. The van der Waals surface area contributed by atoms with E-state index in [9.17, 15) is 9.18 Å². The van der Waals surface area contributed by atoms with E-state index in [1.165, 1.54) is 12.1 Å². The fraction of sp³-hybridized carbons (Fsp3) is 0.533. The first kappa shape index (κ1) is 16.2. The Bertz CT molecular complexity index is 490. The van der Waals surface area contributed by atoms with Crippen LogP contribution in [0.4, 0.5) is 4.39 Å². The predicted molar refractivity (Wildman–Crippen MR) is 81.8 cm³/mol. The van der Waals surface area contributed by atoms with E-state index in [0.717, 1.165) is 31.7 Å². The number of hydrogen-bond donors (Lipinski definition) is 1. The van der Waals surface area contributed by atoms with E-state index in [1.807, 2.05) is 11.9 Å². The lowest BCUT2D eigenvalue weighted by atomic mass is 10.2. The second-order valence-corrected chi connectivity index (χ2v) is 5.65. The summed E-state index contributed by atoms with van der Waals surface area (Å²) in [4.78, 5) is 16.1. The number of benzene rings is 1. The zero-order valence-electron chi connectivity index (χ0n) is 12.2. The molecule has 6 heteroatoms. The second kappa shape index (κ2) is 7.73. The molecule has 1 aromatic carbocycles. The number of carbonyl (C=O) groups excluding carboxylic acids is 1. The summed E-state index contributed by atoms with van der Waals surface area (Å²) in [5.41, 5.74) is 0.924. The van der Waals surface area contributed by atoms with Gasteiger partial charge in [0.2, 0.25) is 5.91 Å². The lowest BCUT2D eigenvalue weighted by molar-refractivity contribution is -0.132. The monoisotopic (exact) mass is 313 g/mol. The molecule has 116 valence electrons. The average molecular weight is 314 g/mol. The van der Waals surface area contributed by atoms with Crippen molar-refractivity contribution < 1.29 is 9.18 Å². The molecule has 1 N–H and O–H groups in total. The van der Waals surface area contributed by atoms with Gasteiger partial charge < -0.3 is 10.2 Å². The first-order valence-corrected chi connectivity index (χ1v) is 7.56. The van der Waals surface area contributed by atoms with Gasteiger partial charge in [0.15, 0.2) is 0 Å². The molecule has 0 radical (unpaired) electrons. The second-order valence-electron chi connectivity index (χ2n) is 5.25. The topological polar surface area (TPSA) is 35.6 Å². The highest BCUT2D eigenvalue weighted by atomic mass is 35.5. The number of rotatable bonds is 5. The molecule has 0 aromatic heterocycles. The summed E-state index contributed by atoms with van der Waals surface area (Å²) in [6.07, 6.45) is 0.542. The van der Waals surface area contributed by atoms with Crippen LogP contribution < -0.4 is 5.32 Å². The minimum Gasteiger partial charge on any atom is -0.340 e. The van der Waals surface area contributed by atoms with Gasteiger partial charge in [-0.15, -0.1) is 0 Å². The van der Waals surface area contributed by atoms with Gasteiger partial charge in [0.05, 0.1) is 0 Å². The Labute approximate surface area is 129 Å². The standard InChI is InChI=1S/C15H21ClFN3O/c1-18-5-4-15(21)20-8-6-19(7-9-20)11-12-2-3-13(17)10-14(12)16/h2-3,10,18H,4-9,11H2,1H3. The highest BCUT2D eigenvalue weighted by Gasteiger charge is 2.21. The van der Waals surface area contributed by atoms with Gasteiger partial charge in [-0.3, -0.25) is 9.69 Å².